The Balaban J connectivity index is 1.90. The van der Waals surface area contributed by atoms with Gasteiger partial charge in [0.05, 0.1) is 17.3 Å². The highest BCUT2D eigenvalue weighted by Crippen LogP contribution is 2.49. The molecule has 0 aliphatic heterocycles. The number of rotatable bonds is 3. The zero-order valence-electron chi connectivity index (χ0n) is 16.8. The molecule has 1 unspecified atom stereocenters. The van der Waals surface area contributed by atoms with Crippen molar-refractivity contribution >= 4 is 25.3 Å². The van der Waals surface area contributed by atoms with Crippen molar-refractivity contribution in [1.82, 2.24) is 4.98 Å². The molecular formula is C24H27NOSi. The van der Waals surface area contributed by atoms with Crippen LogP contribution in [0.3, 0.4) is 0 Å². The first-order valence-corrected chi connectivity index (χ1v) is 12.5. The monoisotopic (exact) mass is 373 g/mol. The van der Waals surface area contributed by atoms with Gasteiger partial charge >= 0.3 is 0 Å². The molecule has 0 spiro atoms. The number of pyridine rings is 1. The summed E-state index contributed by atoms with van der Waals surface area (Å²) < 4.78 is 6.89. The molecule has 0 saturated carbocycles. The van der Waals surface area contributed by atoms with Crippen LogP contribution in [0.5, 0.6) is 0 Å². The molecule has 0 amide bonds. The first-order chi connectivity index (χ1) is 12.7. The molecule has 1 aromatic heterocycles. The minimum atomic E-state index is -1.93. The van der Waals surface area contributed by atoms with E-state index < -0.39 is 8.32 Å². The highest BCUT2D eigenvalue weighted by molar-refractivity contribution is 6.74. The molecule has 27 heavy (non-hydrogen) atoms. The van der Waals surface area contributed by atoms with E-state index in [2.05, 4.69) is 89.0 Å². The maximum atomic E-state index is 6.89. The molecule has 0 bridgehead atoms. The van der Waals surface area contributed by atoms with E-state index in [1.54, 1.807) is 0 Å². The fourth-order valence-electron chi connectivity index (χ4n) is 3.45. The van der Waals surface area contributed by atoms with Crippen molar-refractivity contribution in [1.29, 1.82) is 0 Å². The van der Waals surface area contributed by atoms with Crippen LogP contribution in [0.25, 0.3) is 28.2 Å². The minimum absolute atomic E-state index is 0.0342. The summed E-state index contributed by atoms with van der Waals surface area (Å²) in [7, 11) is -1.93. The molecule has 1 aliphatic carbocycles. The lowest BCUT2D eigenvalue weighted by molar-refractivity contribution is 0.226. The van der Waals surface area contributed by atoms with Crippen LogP contribution < -0.4 is 0 Å². The Labute approximate surface area is 163 Å². The van der Waals surface area contributed by atoms with Crippen molar-refractivity contribution < 1.29 is 4.43 Å². The molecule has 4 rings (SSSR count). The van der Waals surface area contributed by atoms with Crippen LogP contribution in [0.4, 0.5) is 0 Å². The van der Waals surface area contributed by atoms with Crippen LogP contribution in [-0.4, -0.2) is 13.3 Å². The number of benzene rings is 2. The van der Waals surface area contributed by atoms with Gasteiger partial charge in [-0.2, -0.15) is 0 Å². The van der Waals surface area contributed by atoms with E-state index in [1.165, 1.54) is 16.7 Å². The Kier molecular flexibility index (Phi) is 4.13. The highest BCUT2D eigenvalue weighted by atomic mass is 28.4. The fourth-order valence-corrected chi connectivity index (χ4v) is 4.65. The molecular weight excluding hydrogens is 346 g/mol. The molecule has 0 fully saturated rings. The van der Waals surface area contributed by atoms with Gasteiger partial charge in [0.1, 0.15) is 0 Å². The first-order valence-electron chi connectivity index (χ1n) is 9.55. The SMILES string of the molecule is C=Cc1ccc2cc3c(nc2c1)-c1ccccc1C3O[Si](C)(C)C(C)(C)C. The normalized spacial score (nSPS) is 16.3. The maximum Gasteiger partial charge on any atom is 0.193 e. The second kappa shape index (κ2) is 6.15. The molecule has 1 aliphatic rings. The van der Waals surface area contributed by atoms with Crippen molar-refractivity contribution in [2.75, 3.05) is 0 Å². The number of hydrogen-bond donors (Lipinski definition) is 0. The van der Waals surface area contributed by atoms with Gasteiger partial charge in [0.2, 0.25) is 0 Å². The molecule has 0 N–H and O–H groups in total. The van der Waals surface area contributed by atoms with E-state index in [1.807, 2.05) is 6.08 Å². The molecule has 0 radical (unpaired) electrons. The second-order valence-electron chi connectivity index (χ2n) is 8.93. The Morgan fingerprint density at radius 1 is 1.04 bits per heavy atom. The van der Waals surface area contributed by atoms with Crippen molar-refractivity contribution in [2.45, 2.75) is 45.0 Å². The molecule has 2 aromatic carbocycles. The van der Waals surface area contributed by atoms with Crippen molar-refractivity contribution in [3.05, 3.63) is 71.8 Å². The van der Waals surface area contributed by atoms with E-state index in [9.17, 15) is 0 Å². The Hall–Kier alpha value is -2.23. The third-order valence-corrected chi connectivity index (χ3v) is 10.5. The molecule has 3 aromatic rings. The molecule has 3 heteroatoms. The standard InChI is InChI=1S/C24H27NOSi/c1-7-16-12-13-17-15-20-22(25-21(17)14-16)18-10-8-9-11-19(18)23(20)26-27(5,6)24(2,3)4/h7-15,23H,1H2,2-6H3. The highest BCUT2D eigenvalue weighted by Gasteiger charge is 2.42. The summed E-state index contributed by atoms with van der Waals surface area (Å²) in [6.45, 7) is 15.4. The average Bonchev–Trinajstić information content (AvgIpc) is 2.91. The van der Waals surface area contributed by atoms with Gasteiger partial charge in [0.15, 0.2) is 8.32 Å². The third kappa shape index (κ3) is 2.95. The Morgan fingerprint density at radius 2 is 1.78 bits per heavy atom. The maximum absolute atomic E-state index is 6.89. The van der Waals surface area contributed by atoms with Crippen molar-refractivity contribution in [2.24, 2.45) is 0 Å². The second-order valence-corrected chi connectivity index (χ2v) is 13.7. The number of fused-ring (bicyclic) bond motifs is 4. The zero-order valence-corrected chi connectivity index (χ0v) is 17.8. The topological polar surface area (TPSA) is 22.1 Å². The van der Waals surface area contributed by atoms with Gasteiger partial charge in [-0.15, -0.1) is 0 Å². The number of aromatic nitrogens is 1. The van der Waals surface area contributed by atoms with E-state index >= 15 is 0 Å². The van der Waals surface area contributed by atoms with Gasteiger partial charge < -0.3 is 4.43 Å². The van der Waals surface area contributed by atoms with E-state index in [0.717, 1.165) is 22.2 Å². The summed E-state index contributed by atoms with van der Waals surface area (Å²) in [4.78, 5) is 5.04. The molecule has 1 heterocycles. The predicted octanol–water partition coefficient (Wildman–Crippen LogP) is 6.97. The van der Waals surface area contributed by atoms with Crippen molar-refractivity contribution in [3.63, 3.8) is 0 Å². The molecule has 0 saturated heterocycles. The van der Waals surface area contributed by atoms with E-state index in [4.69, 9.17) is 9.41 Å². The quantitative estimate of drug-likeness (QED) is 0.462. The van der Waals surface area contributed by atoms with Crippen LogP contribution in [-0.2, 0) is 4.43 Å². The Morgan fingerprint density at radius 3 is 2.48 bits per heavy atom. The first kappa shape index (κ1) is 18.1. The van der Waals surface area contributed by atoms with E-state index in [-0.39, 0.29) is 11.1 Å². The van der Waals surface area contributed by atoms with Gasteiger partial charge in [-0.3, -0.25) is 0 Å². The third-order valence-electron chi connectivity index (χ3n) is 6.11. The lowest BCUT2D eigenvalue weighted by Crippen LogP contribution is -2.41. The van der Waals surface area contributed by atoms with Crippen LogP contribution in [0.2, 0.25) is 18.1 Å². The summed E-state index contributed by atoms with van der Waals surface area (Å²) in [5, 5.41) is 1.31. The molecule has 1 atom stereocenters. The average molecular weight is 374 g/mol. The van der Waals surface area contributed by atoms with Gasteiger partial charge in [-0.1, -0.05) is 69.8 Å². The van der Waals surface area contributed by atoms with Crippen LogP contribution >= 0.6 is 0 Å². The summed E-state index contributed by atoms with van der Waals surface area (Å²) in [5.41, 5.74) is 6.79. The predicted molar refractivity (Wildman–Crippen MR) is 117 cm³/mol. The van der Waals surface area contributed by atoms with Crippen LogP contribution in [0.15, 0.2) is 55.1 Å². The van der Waals surface area contributed by atoms with Crippen LogP contribution in [0, 0.1) is 0 Å². The van der Waals surface area contributed by atoms with Gasteiger partial charge in [0.25, 0.3) is 0 Å². The summed E-state index contributed by atoms with van der Waals surface area (Å²) in [6, 6.07) is 17.1. The summed E-state index contributed by atoms with van der Waals surface area (Å²) in [5.74, 6) is 0. The number of hydrogen-bond acceptors (Lipinski definition) is 2. The van der Waals surface area contributed by atoms with Gasteiger partial charge in [-0.25, -0.2) is 4.98 Å². The number of nitrogens with zero attached hydrogens (tertiary/aromatic N) is 1. The van der Waals surface area contributed by atoms with E-state index in [0.29, 0.717) is 0 Å². The molecule has 138 valence electrons. The Bertz CT molecular complexity index is 1050. The largest absolute Gasteiger partial charge is 0.406 e. The smallest absolute Gasteiger partial charge is 0.193 e. The lowest BCUT2D eigenvalue weighted by Gasteiger charge is -2.38. The lowest BCUT2D eigenvalue weighted by atomic mass is 10.1. The van der Waals surface area contributed by atoms with Crippen molar-refractivity contribution in [3.8, 4) is 11.3 Å². The van der Waals surface area contributed by atoms with Gasteiger partial charge in [-0.05, 0) is 41.4 Å². The van der Waals surface area contributed by atoms with Crippen LogP contribution in [0.1, 0.15) is 43.6 Å². The molecule has 2 nitrogen and oxygen atoms in total. The summed E-state index contributed by atoms with van der Waals surface area (Å²) >= 11 is 0. The minimum Gasteiger partial charge on any atom is -0.406 e. The fraction of sp³-hybridized carbons (Fsp3) is 0.292. The summed E-state index contributed by atoms with van der Waals surface area (Å²) in [6.07, 6.45) is 1.83. The zero-order chi connectivity index (χ0) is 19.4. The van der Waals surface area contributed by atoms with Gasteiger partial charge in [0, 0.05) is 16.5 Å².